The lowest BCUT2D eigenvalue weighted by Crippen LogP contribution is -2.40. The van der Waals surface area contributed by atoms with E-state index in [1.807, 2.05) is 47.4 Å². The molecule has 0 N–H and O–H groups in total. The van der Waals surface area contributed by atoms with Crippen LogP contribution in [0.3, 0.4) is 0 Å². The Morgan fingerprint density at radius 2 is 1.84 bits per heavy atom. The minimum absolute atomic E-state index is 0.0852. The number of anilines is 1. The predicted octanol–water partition coefficient (Wildman–Crippen LogP) is 3.41. The first-order chi connectivity index (χ1) is 15.2. The van der Waals surface area contributed by atoms with Crippen LogP contribution >= 0.6 is 0 Å². The van der Waals surface area contributed by atoms with E-state index in [0.29, 0.717) is 36.7 Å². The van der Waals surface area contributed by atoms with Gasteiger partial charge in [-0.1, -0.05) is 30.3 Å². The van der Waals surface area contributed by atoms with Gasteiger partial charge in [-0.2, -0.15) is 0 Å². The van der Waals surface area contributed by atoms with Crippen LogP contribution in [0, 0.1) is 0 Å². The van der Waals surface area contributed by atoms with Gasteiger partial charge in [-0.25, -0.2) is 0 Å². The van der Waals surface area contributed by atoms with Gasteiger partial charge in [-0.05, 0) is 55.0 Å². The molecule has 2 amide bonds. The van der Waals surface area contributed by atoms with E-state index < -0.39 is 0 Å². The monoisotopic (exact) mass is 418 g/mol. The van der Waals surface area contributed by atoms with Crippen LogP contribution in [0.5, 0.6) is 5.75 Å². The first kappa shape index (κ1) is 19.8. The number of hydrogen-bond donors (Lipinski definition) is 0. The van der Waals surface area contributed by atoms with E-state index in [9.17, 15) is 9.59 Å². The molecule has 0 saturated carbocycles. The molecule has 160 valence electrons. The molecule has 2 aromatic carbocycles. The van der Waals surface area contributed by atoms with Crippen molar-refractivity contribution in [3.05, 3.63) is 65.4 Å². The molecule has 5 rings (SSSR count). The summed E-state index contributed by atoms with van der Waals surface area (Å²) in [6, 6.07) is 15.5. The van der Waals surface area contributed by atoms with Gasteiger partial charge in [0.25, 0.3) is 11.8 Å². The second-order valence-electron chi connectivity index (χ2n) is 8.19. The van der Waals surface area contributed by atoms with Crippen molar-refractivity contribution in [2.45, 2.75) is 31.8 Å². The number of benzene rings is 2. The van der Waals surface area contributed by atoms with Crippen LogP contribution < -0.4 is 9.64 Å². The average Bonchev–Trinajstić information content (AvgIpc) is 3.41. The Kier molecular flexibility index (Phi) is 5.24. The van der Waals surface area contributed by atoms with E-state index in [1.165, 1.54) is 10.5 Å². The van der Waals surface area contributed by atoms with Crippen LogP contribution in [0.4, 0.5) is 5.69 Å². The molecule has 2 aromatic rings. The summed E-state index contributed by atoms with van der Waals surface area (Å²) < 4.78 is 11.0. The number of methoxy groups -OCH3 is 1. The second-order valence-corrected chi connectivity index (χ2v) is 8.19. The topological polar surface area (TPSA) is 59.1 Å². The van der Waals surface area contributed by atoms with Gasteiger partial charge in [-0.3, -0.25) is 14.5 Å². The Balaban J connectivity index is 1.60. The summed E-state index contributed by atoms with van der Waals surface area (Å²) in [5, 5.41) is 0. The Morgan fingerprint density at radius 1 is 1.03 bits per heavy atom. The molecule has 0 aromatic heterocycles. The van der Waals surface area contributed by atoms with E-state index in [2.05, 4.69) is 6.07 Å². The van der Waals surface area contributed by atoms with E-state index in [-0.39, 0.29) is 17.9 Å². The zero-order valence-corrected chi connectivity index (χ0v) is 17.7. The quantitative estimate of drug-likeness (QED) is 0.697. The third-order valence-electron chi connectivity index (χ3n) is 6.31. The van der Waals surface area contributed by atoms with Crippen molar-refractivity contribution in [3.63, 3.8) is 0 Å². The molecule has 0 spiro atoms. The van der Waals surface area contributed by atoms with Crippen LogP contribution in [0.2, 0.25) is 0 Å². The number of nitrogens with zero attached hydrogens (tertiary/aromatic N) is 2. The van der Waals surface area contributed by atoms with Gasteiger partial charge in [0.1, 0.15) is 11.4 Å². The Bertz CT molecular complexity index is 1040. The molecule has 31 heavy (non-hydrogen) atoms. The number of aryl methyl sites for hydroxylation is 1. The fourth-order valence-corrected chi connectivity index (χ4v) is 4.76. The first-order valence-electron chi connectivity index (χ1n) is 10.9. The van der Waals surface area contributed by atoms with Gasteiger partial charge < -0.3 is 14.4 Å². The number of amides is 2. The fraction of sp³-hybridized carbons (Fsp3) is 0.360. The minimum atomic E-state index is -0.247. The van der Waals surface area contributed by atoms with Crippen molar-refractivity contribution in [1.82, 2.24) is 4.90 Å². The molecule has 3 aliphatic heterocycles. The molecule has 3 heterocycles. The summed E-state index contributed by atoms with van der Waals surface area (Å²) >= 11 is 0. The zero-order chi connectivity index (χ0) is 21.4. The second kappa shape index (κ2) is 8.19. The molecule has 6 nitrogen and oxygen atoms in total. The lowest BCUT2D eigenvalue weighted by Gasteiger charge is -2.32. The predicted molar refractivity (Wildman–Crippen MR) is 118 cm³/mol. The van der Waals surface area contributed by atoms with Crippen molar-refractivity contribution >= 4 is 23.1 Å². The largest absolute Gasteiger partial charge is 0.497 e. The Hall–Kier alpha value is -3.12. The number of hydrogen-bond acceptors (Lipinski definition) is 5. The molecule has 0 aliphatic carbocycles. The summed E-state index contributed by atoms with van der Waals surface area (Å²) in [4.78, 5) is 30.6. The zero-order valence-electron chi connectivity index (χ0n) is 17.7. The number of ether oxygens (including phenoxy) is 2. The minimum Gasteiger partial charge on any atom is -0.497 e. The molecule has 0 radical (unpaired) electrons. The Labute approximate surface area is 182 Å². The van der Waals surface area contributed by atoms with Crippen molar-refractivity contribution in [1.29, 1.82) is 0 Å². The number of carbonyl (C=O) groups is 2. The van der Waals surface area contributed by atoms with Crippen LogP contribution in [0.25, 0.3) is 5.57 Å². The normalized spacial score (nSPS) is 21.1. The van der Waals surface area contributed by atoms with Crippen LogP contribution in [-0.2, 0) is 20.7 Å². The highest BCUT2D eigenvalue weighted by Gasteiger charge is 2.43. The standard InChI is InChI=1S/C25H26N2O4/c1-30-19-12-10-18(11-13-19)22-23(26-14-4-7-17-6-2-3-9-21(17)26)25(29)27(24(22)28)16-20-8-5-15-31-20/h2-3,6,9-13,20H,4-5,7-8,14-16H2,1H3. The van der Waals surface area contributed by atoms with E-state index in [0.717, 1.165) is 36.9 Å². The maximum Gasteiger partial charge on any atom is 0.278 e. The first-order valence-corrected chi connectivity index (χ1v) is 10.9. The summed E-state index contributed by atoms with van der Waals surface area (Å²) in [5.74, 6) is 0.231. The highest BCUT2D eigenvalue weighted by molar-refractivity contribution is 6.36. The molecular weight excluding hydrogens is 392 g/mol. The molecule has 3 aliphatic rings. The van der Waals surface area contributed by atoms with Gasteiger partial charge in [0.2, 0.25) is 0 Å². The summed E-state index contributed by atoms with van der Waals surface area (Å²) in [6.07, 6.45) is 3.66. The smallest absolute Gasteiger partial charge is 0.278 e. The van der Waals surface area contributed by atoms with Crippen LogP contribution in [-0.4, -0.2) is 49.6 Å². The summed E-state index contributed by atoms with van der Waals surface area (Å²) in [7, 11) is 1.61. The number of fused-ring (bicyclic) bond motifs is 1. The molecular formula is C25H26N2O4. The van der Waals surface area contributed by atoms with Crippen molar-refractivity contribution < 1.29 is 19.1 Å². The third-order valence-corrected chi connectivity index (χ3v) is 6.31. The maximum atomic E-state index is 13.6. The van der Waals surface area contributed by atoms with Gasteiger partial charge in [-0.15, -0.1) is 0 Å². The maximum absolute atomic E-state index is 13.6. The Morgan fingerprint density at radius 3 is 2.58 bits per heavy atom. The highest BCUT2D eigenvalue weighted by atomic mass is 16.5. The van der Waals surface area contributed by atoms with Crippen LogP contribution in [0.1, 0.15) is 30.4 Å². The molecule has 0 bridgehead atoms. The van der Waals surface area contributed by atoms with Gasteiger partial charge in [0.15, 0.2) is 0 Å². The van der Waals surface area contributed by atoms with E-state index in [1.54, 1.807) is 7.11 Å². The van der Waals surface area contributed by atoms with Crippen molar-refractivity contribution in [3.8, 4) is 5.75 Å². The number of rotatable bonds is 5. The summed E-state index contributed by atoms with van der Waals surface area (Å²) in [6.45, 7) is 1.70. The molecule has 1 unspecified atom stereocenters. The molecule has 6 heteroatoms. The summed E-state index contributed by atoms with van der Waals surface area (Å²) in [5.41, 5.74) is 3.87. The molecule has 1 atom stereocenters. The number of imide groups is 1. The lowest BCUT2D eigenvalue weighted by molar-refractivity contribution is -0.138. The van der Waals surface area contributed by atoms with Crippen molar-refractivity contribution in [2.75, 3.05) is 31.7 Å². The molecule has 1 fully saturated rings. The SMILES string of the molecule is COc1ccc(C2=C(N3CCCc4ccccc43)C(=O)N(CC3CCCO3)C2=O)cc1. The lowest BCUT2D eigenvalue weighted by atomic mass is 9.98. The average molecular weight is 418 g/mol. The van der Waals surface area contributed by atoms with Gasteiger partial charge in [0, 0.05) is 18.8 Å². The van der Waals surface area contributed by atoms with Gasteiger partial charge in [0.05, 0.1) is 25.3 Å². The molecule has 1 saturated heterocycles. The van der Waals surface area contributed by atoms with Gasteiger partial charge >= 0.3 is 0 Å². The number of para-hydroxylation sites is 1. The third kappa shape index (κ3) is 3.51. The fourth-order valence-electron chi connectivity index (χ4n) is 4.76. The van der Waals surface area contributed by atoms with Crippen LogP contribution in [0.15, 0.2) is 54.2 Å². The van der Waals surface area contributed by atoms with Crippen molar-refractivity contribution in [2.24, 2.45) is 0 Å². The highest BCUT2D eigenvalue weighted by Crippen LogP contribution is 2.38. The van der Waals surface area contributed by atoms with E-state index in [4.69, 9.17) is 9.47 Å². The van der Waals surface area contributed by atoms with E-state index >= 15 is 0 Å². The number of carbonyl (C=O) groups excluding carboxylic acids is 2.